The largest absolute Gasteiger partial charge is 0.465 e. The van der Waals surface area contributed by atoms with E-state index in [1.54, 1.807) is 18.2 Å². The lowest BCUT2D eigenvalue weighted by Crippen LogP contribution is -2.04. The smallest absolute Gasteiger partial charge is 0.344 e. The van der Waals surface area contributed by atoms with Gasteiger partial charge in [0.25, 0.3) is 5.69 Å². The maximum Gasteiger partial charge on any atom is 0.344 e. The van der Waals surface area contributed by atoms with Gasteiger partial charge in [0.05, 0.1) is 34.0 Å². The Morgan fingerprint density at radius 1 is 1.16 bits per heavy atom. The molecular weight excluding hydrogens is 449 g/mol. The highest BCUT2D eigenvalue weighted by Crippen LogP contribution is 2.39. The summed E-state index contributed by atoms with van der Waals surface area (Å²) < 4.78 is 11.6. The number of nitro benzene ring substituents is 1. The monoisotopic (exact) mass is 459 g/mol. The minimum Gasteiger partial charge on any atom is -0.465 e. The van der Waals surface area contributed by atoms with Crippen LogP contribution >= 0.6 is 23.2 Å². The van der Waals surface area contributed by atoms with E-state index < -0.39 is 10.9 Å². The molecule has 0 spiro atoms. The van der Waals surface area contributed by atoms with Crippen LogP contribution in [0.5, 0.6) is 0 Å². The van der Waals surface area contributed by atoms with Crippen LogP contribution in [0.25, 0.3) is 28.4 Å². The van der Waals surface area contributed by atoms with Gasteiger partial charge in [-0.1, -0.05) is 39.6 Å². The van der Waals surface area contributed by atoms with Crippen molar-refractivity contribution in [2.24, 2.45) is 0 Å². The molecule has 0 bridgehead atoms. The molecule has 0 saturated carbocycles. The number of rotatable bonds is 5. The van der Waals surface area contributed by atoms with Gasteiger partial charge in [0.1, 0.15) is 11.3 Å². The summed E-state index contributed by atoms with van der Waals surface area (Å²) in [6.07, 6.45) is 1.48. The Bertz CT molecular complexity index is 1280. The highest BCUT2D eigenvalue weighted by Gasteiger charge is 2.30. The van der Waals surface area contributed by atoms with E-state index in [4.69, 9.17) is 32.5 Å². The molecule has 0 atom stereocenters. The second kappa shape index (κ2) is 8.17. The molecule has 156 valence electrons. The molecule has 31 heavy (non-hydrogen) atoms. The molecule has 0 fully saturated rings. The van der Waals surface area contributed by atoms with Crippen LogP contribution in [0.15, 0.2) is 53.2 Å². The summed E-state index contributed by atoms with van der Waals surface area (Å²) in [6.45, 7) is 0. The van der Waals surface area contributed by atoms with Crippen LogP contribution in [0, 0.1) is 10.1 Å². The SMILES string of the molecule is COC(=O)c1c(-c2c(Cl)cccc2Cl)noc1-c1cn(-c2ccc([N+](=O)[O-])cc2)nn1. The van der Waals surface area contributed by atoms with Gasteiger partial charge in [-0.15, -0.1) is 5.10 Å². The molecule has 4 rings (SSSR count). The molecule has 4 aromatic rings. The lowest BCUT2D eigenvalue weighted by molar-refractivity contribution is -0.384. The van der Waals surface area contributed by atoms with Crippen molar-refractivity contribution in [1.29, 1.82) is 0 Å². The number of esters is 1. The Hall–Kier alpha value is -3.76. The van der Waals surface area contributed by atoms with E-state index in [2.05, 4.69) is 15.5 Å². The third kappa shape index (κ3) is 3.74. The molecule has 0 unspecified atom stereocenters. The van der Waals surface area contributed by atoms with E-state index in [-0.39, 0.29) is 38.4 Å². The van der Waals surface area contributed by atoms with E-state index in [0.29, 0.717) is 11.3 Å². The van der Waals surface area contributed by atoms with Crippen LogP contribution in [-0.2, 0) is 4.74 Å². The number of hydrogen-bond acceptors (Lipinski definition) is 8. The Morgan fingerprint density at radius 3 is 2.45 bits per heavy atom. The number of nitrogens with zero attached hydrogens (tertiary/aromatic N) is 5. The number of ether oxygens (including phenoxy) is 1. The first-order chi connectivity index (χ1) is 14.9. The summed E-state index contributed by atoms with van der Waals surface area (Å²) in [5.74, 6) is -0.724. The second-order valence-electron chi connectivity index (χ2n) is 6.15. The number of carbonyl (C=O) groups is 1. The normalized spacial score (nSPS) is 10.8. The van der Waals surface area contributed by atoms with E-state index in [9.17, 15) is 14.9 Å². The molecule has 0 amide bonds. The highest BCUT2D eigenvalue weighted by molar-refractivity contribution is 6.39. The maximum absolute atomic E-state index is 12.5. The summed E-state index contributed by atoms with van der Waals surface area (Å²) in [5, 5.41) is 23.3. The molecule has 0 aliphatic carbocycles. The number of nitro groups is 1. The zero-order chi connectivity index (χ0) is 22.1. The van der Waals surface area contributed by atoms with Crippen LogP contribution in [0.3, 0.4) is 0 Å². The minimum absolute atomic E-state index is 0.00555. The van der Waals surface area contributed by atoms with Crippen molar-refractivity contribution in [2.45, 2.75) is 0 Å². The molecule has 10 nitrogen and oxygen atoms in total. The second-order valence-corrected chi connectivity index (χ2v) is 6.96. The predicted octanol–water partition coefficient (Wildman–Crippen LogP) is 4.59. The number of non-ortho nitro benzene ring substituents is 1. The van der Waals surface area contributed by atoms with Crippen molar-refractivity contribution < 1.29 is 19.0 Å². The third-order valence-corrected chi connectivity index (χ3v) is 4.96. The summed E-state index contributed by atoms with van der Waals surface area (Å²) in [7, 11) is 1.21. The molecule has 2 aromatic carbocycles. The fraction of sp³-hybridized carbons (Fsp3) is 0.0526. The van der Waals surface area contributed by atoms with Crippen molar-refractivity contribution in [3.05, 3.63) is 74.4 Å². The standard InChI is InChI=1S/C19H11Cl2N5O5/c1-30-19(27)16-17(15-12(20)3-2-4-13(15)21)23-31-18(16)14-9-25(24-22-14)10-5-7-11(8-6-10)26(28)29/h2-9H,1H3. The number of hydrogen-bond donors (Lipinski definition) is 0. The van der Waals surface area contributed by atoms with Crippen LogP contribution in [0.1, 0.15) is 10.4 Å². The summed E-state index contributed by atoms with van der Waals surface area (Å²) >= 11 is 12.5. The van der Waals surface area contributed by atoms with Crippen LogP contribution < -0.4 is 0 Å². The van der Waals surface area contributed by atoms with Crippen LogP contribution in [-0.4, -0.2) is 38.2 Å². The molecule has 0 aliphatic rings. The van der Waals surface area contributed by atoms with Crippen molar-refractivity contribution in [3.8, 4) is 28.4 Å². The average Bonchev–Trinajstić information content (AvgIpc) is 3.40. The Kier molecular flexibility index (Phi) is 5.40. The number of methoxy groups -OCH3 is 1. The van der Waals surface area contributed by atoms with E-state index in [1.165, 1.54) is 42.3 Å². The number of halogens is 2. The first kappa shape index (κ1) is 20.5. The first-order valence-corrected chi connectivity index (χ1v) is 9.36. The first-order valence-electron chi connectivity index (χ1n) is 8.60. The Balaban J connectivity index is 1.80. The van der Waals surface area contributed by atoms with Gasteiger partial charge in [-0.25, -0.2) is 9.48 Å². The lowest BCUT2D eigenvalue weighted by Gasteiger charge is -2.05. The van der Waals surface area contributed by atoms with Gasteiger partial charge in [0.15, 0.2) is 5.69 Å². The zero-order valence-corrected chi connectivity index (χ0v) is 17.2. The molecule has 2 heterocycles. The van der Waals surface area contributed by atoms with Crippen molar-refractivity contribution in [3.63, 3.8) is 0 Å². The fourth-order valence-electron chi connectivity index (χ4n) is 2.87. The molecule has 0 N–H and O–H groups in total. The molecular formula is C19H11Cl2N5O5. The van der Waals surface area contributed by atoms with Gasteiger partial charge >= 0.3 is 5.97 Å². The van der Waals surface area contributed by atoms with Gasteiger partial charge < -0.3 is 9.26 Å². The average molecular weight is 460 g/mol. The Labute approximate surface area is 184 Å². The number of aromatic nitrogens is 4. The van der Waals surface area contributed by atoms with Gasteiger partial charge in [-0.3, -0.25) is 10.1 Å². The van der Waals surface area contributed by atoms with E-state index in [1.807, 2.05) is 0 Å². The van der Waals surface area contributed by atoms with Gasteiger partial charge in [0, 0.05) is 17.7 Å². The summed E-state index contributed by atoms with van der Waals surface area (Å²) in [6, 6.07) is 10.5. The maximum atomic E-state index is 12.5. The molecule has 2 aromatic heterocycles. The zero-order valence-electron chi connectivity index (χ0n) is 15.7. The van der Waals surface area contributed by atoms with Crippen molar-refractivity contribution >= 4 is 34.9 Å². The lowest BCUT2D eigenvalue weighted by atomic mass is 10.0. The quantitative estimate of drug-likeness (QED) is 0.241. The number of benzene rings is 2. The van der Waals surface area contributed by atoms with Crippen LogP contribution in [0.4, 0.5) is 5.69 Å². The fourth-order valence-corrected chi connectivity index (χ4v) is 3.45. The van der Waals surface area contributed by atoms with Gasteiger partial charge in [-0.05, 0) is 24.3 Å². The van der Waals surface area contributed by atoms with Crippen molar-refractivity contribution in [2.75, 3.05) is 7.11 Å². The summed E-state index contributed by atoms with van der Waals surface area (Å²) in [5.41, 5.74) is 1.02. The highest BCUT2D eigenvalue weighted by atomic mass is 35.5. The molecule has 12 heteroatoms. The predicted molar refractivity (Wildman–Crippen MR) is 110 cm³/mol. The Morgan fingerprint density at radius 2 is 1.84 bits per heavy atom. The molecule has 0 saturated heterocycles. The van der Waals surface area contributed by atoms with E-state index >= 15 is 0 Å². The molecule has 0 radical (unpaired) electrons. The van der Waals surface area contributed by atoms with E-state index in [0.717, 1.165) is 0 Å². The van der Waals surface area contributed by atoms with Gasteiger partial charge in [-0.2, -0.15) is 0 Å². The van der Waals surface area contributed by atoms with Crippen LogP contribution in [0.2, 0.25) is 10.0 Å². The minimum atomic E-state index is -0.730. The van der Waals surface area contributed by atoms with Crippen molar-refractivity contribution in [1.82, 2.24) is 20.2 Å². The van der Waals surface area contributed by atoms with Gasteiger partial charge in [0.2, 0.25) is 5.76 Å². The third-order valence-electron chi connectivity index (χ3n) is 4.33. The summed E-state index contributed by atoms with van der Waals surface area (Å²) in [4.78, 5) is 22.9. The molecule has 0 aliphatic heterocycles. The number of carbonyl (C=O) groups excluding carboxylic acids is 1. The topological polar surface area (TPSA) is 126 Å².